The summed E-state index contributed by atoms with van der Waals surface area (Å²) in [5.41, 5.74) is 5.93. The molecule has 2 amide bonds. The predicted molar refractivity (Wildman–Crippen MR) is 80.2 cm³/mol. The summed E-state index contributed by atoms with van der Waals surface area (Å²) in [7, 11) is 0. The van der Waals surface area contributed by atoms with Crippen LogP contribution in [0.25, 0.3) is 0 Å². The molecule has 1 heterocycles. The Bertz CT molecular complexity index is 312. The van der Waals surface area contributed by atoms with Gasteiger partial charge in [-0.25, -0.2) is 0 Å². The van der Waals surface area contributed by atoms with Crippen molar-refractivity contribution >= 4 is 11.8 Å². The maximum Gasteiger partial charge on any atom is 0.239 e. The Labute approximate surface area is 122 Å². The molecular formula is C15H29N3O2. The number of amides is 2. The molecule has 1 aliphatic heterocycles. The molecule has 5 nitrogen and oxygen atoms in total. The summed E-state index contributed by atoms with van der Waals surface area (Å²) in [5.74, 6) is 0.189. The molecule has 1 rings (SSSR count). The summed E-state index contributed by atoms with van der Waals surface area (Å²) in [4.78, 5) is 25.5. The molecular weight excluding hydrogens is 254 g/mol. The second-order valence-electron chi connectivity index (χ2n) is 5.67. The molecule has 3 N–H and O–H groups in total. The number of likely N-dealkylation sites (tertiary alicyclic amines) is 1. The van der Waals surface area contributed by atoms with Crippen LogP contribution < -0.4 is 11.1 Å². The molecule has 1 aliphatic rings. The van der Waals surface area contributed by atoms with E-state index in [0.717, 1.165) is 38.5 Å². The van der Waals surface area contributed by atoms with Crippen LogP contribution >= 0.6 is 0 Å². The fourth-order valence-corrected chi connectivity index (χ4v) is 2.55. The number of piperidine rings is 1. The zero-order valence-corrected chi connectivity index (χ0v) is 12.9. The summed E-state index contributed by atoms with van der Waals surface area (Å²) < 4.78 is 0. The number of nitrogens with two attached hydrogens (primary N) is 1. The second kappa shape index (κ2) is 8.95. The van der Waals surface area contributed by atoms with Gasteiger partial charge >= 0.3 is 0 Å². The average Bonchev–Trinajstić information content (AvgIpc) is 2.45. The van der Waals surface area contributed by atoms with E-state index in [2.05, 4.69) is 12.2 Å². The third-order valence-corrected chi connectivity index (χ3v) is 3.83. The Morgan fingerprint density at radius 3 is 2.45 bits per heavy atom. The maximum atomic E-state index is 12.1. The van der Waals surface area contributed by atoms with E-state index in [9.17, 15) is 9.59 Å². The van der Waals surface area contributed by atoms with E-state index < -0.39 is 0 Å². The molecule has 1 atom stereocenters. The highest BCUT2D eigenvalue weighted by molar-refractivity contribution is 5.81. The minimum atomic E-state index is -0.360. The highest BCUT2D eigenvalue weighted by atomic mass is 16.2. The fourth-order valence-electron chi connectivity index (χ4n) is 2.55. The molecule has 20 heavy (non-hydrogen) atoms. The minimum absolute atomic E-state index is 0.0665. The first-order valence-corrected chi connectivity index (χ1v) is 7.92. The Morgan fingerprint density at radius 1 is 1.25 bits per heavy atom. The first kappa shape index (κ1) is 17.0. The Balaban J connectivity index is 2.30. The summed E-state index contributed by atoms with van der Waals surface area (Å²) in [6.45, 7) is 5.51. The normalized spacial score (nSPS) is 17.9. The lowest BCUT2D eigenvalue weighted by atomic mass is 10.0. The van der Waals surface area contributed by atoms with E-state index >= 15 is 0 Å². The lowest BCUT2D eigenvalue weighted by Gasteiger charge is -2.33. The van der Waals surface area contributed by atoms with E-state index in [4.69, 9.17) is 5.73 Å². The third-order valence-electron chi connectivity index (χ3n) is 3.83. The van der Waals surface area contributed by atoms with Crippen LogP contribution in [0.2, 0.25) is 0 Å². The molecule has 5 heteroatoms. The van der Waals surface area contributed by atoms with Crippen molar-refractivity contribution in [3.63, 3.8) is 0 Å². The lowest BCUT2D eigenvalue weighted by molar-refractivity contribution is -0.134. The van der Waals surface area contributed by atoms with Gasteiger partial charge in [0.1, 0.15) is 0 Å². The maximum absolute atomic E-state index is 12.1. The van der Waals surface area contributed by atoms with E-state index in [1.807, 2.05) is 11.8 Å². The highest BCUT2D eigenvalue weighted by Crippen LogP contribution is 2.13. The van der Waals surface area contributed by atoms with Crippen LogP contribution in [-0.4, -0.2) is 41.9 Å². The standard InChI is InChI=1S/C15H29N3O2/c1-3-5-7-13(16)15(20)18-10-8-12(9-11-18)17-14(19)6-4-2/h12-13H,3-11,16H2,1-2H3,(H,17,19)/t13-/m0/s1. The van der Waals surface area contributed by atoms with Crippen LogP contribution in [0.5, 0.6) is 0 Å². The van der Waals surface area contributed by atoms with Gasteiger partial charge in [-0.05, 0) is 25.7 Å². The van der Waals surface area contributed by atoms with Crippen LogP contribution in [0, 0.1) is 0 Å². The molecule has 0 unspecified atom stereocenters. The molecule has 116 valence electrons. The van der Waals surface area contributed by atoms with Crippen LogP contribution in [0.15, 0.2) is 0 Å². The lowest BCUT2D eigenvalue weighted by Crippen LogP contribution is -2.50. The van der Waals surface area contributed by atoms with Crippen LogP contribution in [0.4, 0.5) is 0 Å². The van der Waals surface area contributed by atoms with Gasteiger partial charge in [0.25, 0.3) is 0 Å². The average molecular weight is 283 g/mol. The van der Waals surface area contributed by atoms with Crippen molar-refractivity contribution in [1.82, 2.24) is 10.2 Å². The van der Waals surface area contributed by atoms with Crippen molar-refractivity contribution in [2.45, 2.75) is 70.9 Å². The molecule has 0 bridgehead atoms. The van der Waals surface area contributed by atoms with Crippen molar-refractivity contribution in [3.05, 3.63) is 0 Å². The molecule has 1 saturated heterocycles. The van der Waals surface area contributed by atoms with Crippen molar-refractivity contribution in [2.75, 3.05) is 13.1 Å². The Kier molecular flexibility index (Phi) is 7.59. The van der Waals surface area contributed by atoms with Crippen LogP contribution in [0.1, 0.15) is 58.8 Å². The number of rotatable bonds is 7. The molecule has 0 aromatic carbocycles. The van der Waals surface area contributed by atoms with E-state index in [-0.39, 0.29) is 23.9 Å². The largest absolute Gasteiger partial charge is 0.353 e. The number of hydrogen-bond donors (Lipinski definition) is 2. The smallest absolute Gasteiger partial charge is 0.239 e. The molecule has 0 spiro atoms. The van der Waals surface area contributed by atoms with Gasteiger partial charge in [0.15, 0.2) is 0 Å². The fraction of sp³-hybridized carbons (Fsp3) is 0.867. The van der Waals surface area contributed by atoms with E-state index in [1.165, 1.54) is 0 Å². The van der Waals surface area contributed by atoms with Gasteiger partial charge < -0.3 is 16.0 Å². The summed E-state index contributed by atoms with van der Waals surface area (Å²) in [5, 5.41) is 3.03. The van der Waals surface area contributed by atoms with E-state index in [0.29, 0.717) is 19.5 Å². The topological polar surface area (TPSA) is 75.4 Å². The Morgan fingerprint density at radius 2 is 1.90 bits per heavy atom. The van der Waals surface area contributed by atoms with Gasteiger partial charge in [0.2, 0.25) is 11.8 Å². The zero-order valence-electron chi connectivity index (χ0n) is 12.9. The monoisotopic (exact) mass is 283 g/mol. The molecule has 0 radical (unpaired) electrons. The number of unbranched alkanes of at least 4 members (excludes halogenated alkanes) is 1. The highest BCUT2D eigenvalue weighted by Gasteiger charge is 2.26. The number of carbonyl (C=O) groups excluding carboxylic acids is 2. The minimum Gasteiger partial charge on any atom is -0.353 e. The molecule has 1 fully saturated rings. The van der Waals surface area contributed by atoms with Crippen LogP contribution in [0.3, 0.4) is 0 Å². The molecule has 0 aromatic heterocycles. The molecule has 0 aromatic rings. The number of hydrogen-bond acceptors (Lipinski definition) is 3. The molecule has 0 saturated carbocycles. The van der Waals surface area contributed by atoms with Crippen molar-refractivity contribution in [1.29, 1.82) is 0 Å². The number of nitrogens with one attached hydrogen (secondary N) is 1. The number of nitrogens with zero attached hydrogens (tertiary/aromatic N) is 1. The molecule has 0 aliphatic carbocycles. The van der Waals surface area contributed by atoms with E-state index in [1.54, 1.807) is 0 Å². The van der Waals surface area contributed by atoms with Gasteiger partial charge in [0.05, 0.1) is 6.04 Å². The van der Waals surface area contributed by atoms with Crippen molar-refractivity contribution in [3.8, 4) is 0 Å². The number of carbonyl (C=O) groups is 2. The second-order valence-corrected chi connectivity index (χ2v) is 5.67. The first-order chi connectivity index (χ1) is 9.58. The SMILES string of the molecule is CCCC[C@H](N)C(=O)N1CCC(NC(=O)CCC)CC1. The van der Waals surface area contributed by atoms with Gasteiger partial charge in [-0.3, -0.25) is 9.59 Å². The Hall–Kier alpha value is -1.10. The van der Waals surface area contributed by atoms with Gasteiger partial charge in [-0.15, -0.1) is 0 Å². The summed E-state index contributed by atoms with van der Waals surface area (Å²) in [6, 6.07) is -0.147. The van der Waals surface area contributed by atoms with Crippen LogP contribution in [-0.2, 0) is 9.59 Å². The summed E-state index contributed by atoms with van der Waals surface area (Å²) >= 11 is 0. The zero-order chi connectivity index (χ0) is 15.0. The first-order valence-electron chi connectivity index (χ1n) is 7.92. The predicted octanol–water partition coefficient (Wildman–Crippen LogP) is 1.41. The van der Waals surface area contributed by atoms with Gasteiger partial charge in [0, 0.05) is 25.6 Å². The van der Waals surface area contributed by atoms with Gasteiger partial charge in [-0.2, -0.15) is 0 Å². The van der Waals surface area contributed by atoms with Gasteiger partial charge in [-0.1, -0.05) is 26.7 Å². The van der Waals surface area contributed by atoms with Crippen molar-refractivity contribution < 1.29 is 9.59 Å². The third kappa shape index (κ3) is 5.49. The van der Waals surface area contributed by atoms with Crippen molar-refractivity contribution in [2.24, 2.45) is 5.73 Å². The summed E-state index contributed by atoms with van der Waals surface area (Å²) in [6.07, 6.45) is 5.95. The quantitative estimate of drug-likeness (QED) is 0.742.